The lowest BCUT2D eigenvalue weighted by molar-refractivity contribution is -0.120. The monoisotopic (exact) mass is 377 g/mol. The lowest BCUT2D eigenvalue weighted by Gasteiger charge is -2.29. The summed E-state index contributed by atoms with van der Waals surface area (Å²) in [6, 6.07) is 15.4. The van der Waals surface area contributed by atoms with Crippen molar-refractivity contribution < 1.29 is 4.79 Å². The molecular formula is C24H31N3O. The summed E-state index contributed by atoms with van der Waals surface area (Å²) in [5.74, 6) is 0.107. The van der Waals surface area contributed by atoms with E-state index in [1.54, 1.807) is 0 Å². The van der Waals surface area contributed by atoms with Gasteiger partial charge in [-0.2, -0.15) is 0 Å². The van der Waals surface area contributed by atoms with Crippen molar-refractivity contribution in [1.82, 2.24) is 10.2 Å². The molecule has 4 rings (SSSR count). The Balaban J connectivity index is 1.45. The van der Waals surface area contributed by atoms with E-state index in [1.165, 1.54) is 35.2 Å². The van der Waals surface area contributed by atoms with E-state index in [2.05, 4.69) is 59.4 Å². The molecule has 0 aliphatic carbocycles. The molecule has 2 aromatic carbocycles. The molecule has 1 saturated heterocycles. The smallest absolute Gasteiger partial charge is 0.224 e. The normalized spacial score (nSPS) is 17.6. The largest absolute Gasteiger partial charge is 0.374 e. The van der Waals surface area contributed by atoms with Crippen LogP contribution in [-0.2, 0) is 17.6 Å². The topological polar surface area (TPSA) is 35.6 Å². The third kappa shape index (κ3) is 4.22. The number of likely N-dealkylation sites (N-methyl/N-ethyl adjacent to an activating group) is 1. The maximum Gasteiger partial charge on any atom is 0.224 e. The number of rotatable bonds is 6. The first kappa shape index (κ1) is 19.0. The van der Waals surface area contributed by atoms with Crippen LogP contribution in [0, 0.1) is 6.92 Å². The molecule has 0 radical (unpaired) electrons. The first-order valence-corrected chi connectivity index (χ1v) is 10.5. The Bertz CT molecular complexity index is 841. The van der Waals surface area contributed by atoms with Crippen LogP contribution < -0.4 is 10.2 Å². The molecular weight excluding hydrogens is 346 g/mol. The summed E-state index contributed by atoms with van der Waals surface area (Å²) < 4.78 is 0. The molecule has 0 saturated carbocycles. The molecule has 2 aliphatic heterocycles. The van der Waals surface area contributed by atoms with Gasteiger partial charge in [0.15, 0.2) is 0 Å². The van der Waals surface area contributed by atoms with Crippen molar-refractivity contribution in [2.75, 3.05) is 38.1 Å². The second-order valence-electron chi connectivity index (χ2n) is 8.29. The van der Waals surface area contributed by atoms with E-state index in [1.807, 2.05) is 12.1 Å². The minimum atomic E-state index is 0.107. The van der Waals surface area contributed by atoms with Crippen LogP contribution >= 0.6 is 0 Å². The molecule has 0 aromatic heterocycles. The molecule has 0 spiro atoms. The molecule has 1 N–H and O–H groups in total. The Hall–Kier alpha value is -2.33. The summed E-state index contributed by atoms with van der Waals surface area (Å²) in [6.45, 7) is 6.08. The minimum absolute atomic E-state index is 0.107. The molecule has 148 valence electrons. The zero-order valence-corrected chi connectivity index (χ0v) is 17.1. The standard InChI is InChI=1S/C24H31N3O/c1-18-6-5-7-19(14-18)15-24(28)25-17-23(27-11-3-4-12-27)20-8-9-22-21(16-20)10-13-26(22)2/h5-9,14,16,23H,3-4,10-13,15,17H2,1-2H3,(H,25,28). The summed E-state index contributed by atoms with van der Waals surface area (Å²) in [5.41, 5.74) is 6.41. The van der Waals surface area contributed by atoms with Gasteiger partial charge in [0, 0.05) is 25.8 Å². The van der Waals surface area contributed by atoms with Crippen LogP contribution in [0.3, 0.4) is 0 Å². The Kier molecular flexibility index (Phi) is 5.67. The highest BCUT2D eigenvalue weighted by Gasteiger charge is 2.26. The summed E-state index contributed by atoms with van der Waals surface area (Å²) in [4.78, 5) is 17.4. The van der Waals surface area contributed by atoms with Gasteiger partial charge in [-0.15, -0.1) is 0 Å². The summed E-state index contributed by atoms with van der Waals surface area (Å²) in [6.07, 6.45) is 4.07. The first-order valence-electron chi connectivity index (χ1n) is 10.5. The third-order valence-electron chi connectivity index (χ3n) is 6.14. The van der Waals surface area contributed by atoms with Gasteiger partial charge in [-0.3, -0.25) is 9.69 Å². The van der Waals surface area contributed by atoms with Crippen molar-refractivity contribution in [3.05, 3.63) is 64.7 Å². The number of hydrogen-bond acceptors (Lipinski definition) is 3. The highest BCUT2D eigenvalue weighted by atomic mass is 16.1. The number of carbonyl (C=O) groups is 1. The van der Waals surface area contributed by atoms with Gasteiger partial charge in [-0.25, -0.2) is 0 Å². The van der Waals surface area contributed by atoms with E-state index in [9.17, 15) is 4.79 Å². The molecule has 0 bridgehead atoms. The van der Waals surface area contributed by atoms with Crippen LogP contribution in [0.25, 0.3) is 0 Å². The minimum Gasteiger partial charge on any atom is -0.374 e. The maximum absolute atomic E-state index is 12.6. The lowest BCUT2D eigenvalue weighted by atomic mass is 10.0. The van der Waals surface area contributed by atoms with E-state index in [-0.39, 0.29) is 11.9 Å². The quantitative estimate of drug-likeness (QED) is 0.837. The van der Waals surface area contributed by atoms with Gasteiger partial charge in [0.2, 0.25) is 5.91 Å². The second kappa shape index (κ2) is 8.36. The number of likely N-dealkylation sites (tertiary alicyclic amines) is 1. The van der Waals surface area contributed by atoms with Gasteiger partial charge in [0.1, 0.15) is 0 Å². The molecule has 28 heavy (non-hydrogen) atoms. The van der Waals surface area contributed by atoms with E-state index in [4.69, 9.17) is 0 Å². The predicted octanol–water partition coefficient (Wildman–Crippen LogP) is 3.48. The number of nitrogens with zero attached hydrogens (tertiary/aromatic N) is 2. The van der Waals surface area contributed by atoms with E-state index in [0.29, 0.717) is 13.0 Å². The molecule has 4 nitrogen and oxygen atoms in total. The van der Waals surface area contributed by atoms with Gasteiger partial charge in [-0.05, 0) is 62.0 Å². The number of nitrogens with one attached hydrogen (secondary N) is 1. The van der Waals surface area contributed by atoms with Crippen LogP contribution in [0.15, 0.2) is 42.5 Å². The Morgan fingerprint density at radius 3 is 2.71 bits per heavy atom. The van der Waals surface area contributed by atoms with Crippen LogP contribution in [-0.4, -0.2) is 44.0 Å². The van der Waals surface area contributed by atoms with Gasteiger partial charge in [0.05, 0.1) is 12.5 Å². The number of benzene rings is 2. The fraction of sp³-hybridized carbons (Fsp3) is 0.458. The summed E-state index contributed by atoms with van der Waals surface area (Å²) >= 11 is 0. The lowest BCUT2D eigenvalue weighted by Crippen LogP contribution is -2.37. The van der Waals surface area contributed by atoms with Gasteiger partial charge < -0.3 is 10.2 Å². The zero-order chi connectivity index (χ0) is 19.5. The van der Waals surface area contributed by atoms with E-state index in [0.717, 1.165) is 31.6 Å². The Morgan fingerprint density at radius 2 is 1.93 bits per heavy atom. The van der Waals surface area contributed by atoms with E-state index >= 15 is 0 Å². The highest BCUT2D eigenvalue weighted by molar-refractivity contribution is 5.78. The fourth-order valence-electron chi connectivity index (χ4n) is 4.59. The number of aryl methyl sites for hydroxylation is 1. The van der Waals surface area contributed by atoms with Crippen molar-refractivity contribution in [3.8, 4) is 0 Å². The molecule has 2 heterocycles. The molecule has 2 aromatic rings. The van der Waals surface area contributed by atoms with Crippen LogP contribution in [0.4, 0.5) is 5.69 Å². The average Bonchev–Trinajstić information content (AvgIpc) is 3.32. The maximum atomic E-state index is 12.6. The van der Waals surface area contributed by atoms with Gasteiger partial charge >= 0.3 is 0 Å². The fourth-order valence-corrected chi connectivity index (χ4v) is 4.59. The van der Waals surface area contributed by atoms with Crippen molar-refractivity contribution >= 4 is 11.6 Å². The van der Waals surface area contributed by atoms with Gasteiger partial charge in [-0.1, -0.05) is 42.0 Å². The highest BCUT2D eigenvalue weighted by Crippen LogP contribution is 2.32. The number of fused-ring (bicyclic) bond motifs is 1. The van der Waals surface area contributed by atoms with Crippen molar-refractivity contribution in [1.29, 1.82) is 0 Å². The van der Waals surface area contributed by atoms with Crippen LogP contribution in [0.1, 0.15) is 41.1 Å². The SMILES string of the molecule is Cc1cccc(CC(=O)NCC(c2ccc3c(c2)CCN3C)N2CCCC2)c1. The summed E-state index contributed by atoms with van der Waals surface area (Å²) in [7, 11) is 2.16. The average molecular weight is 378 g/mol. The number of carbonyl (C=O) groups excluding carboxylic acids is 1. The van der Waals surface area contributed by atoms with Gasteiger partial charge in [0.25, 0.3) is 0 Å². The van der Waals surface area contributed by atoms with Crippen LogP contribution in [0.2, 0.25) is 0 Å². The number of anilines is 1. The second-order valence-corrected chi connectivity index (χ2v) is 8.29. The zero-order valence-electron chi connectivity index (χ0n) is 17.1. The third-order valence-corrected chi connectivity index (χ3v) is 6.14. The molecule has 1 atom stereocenters. The first-order chi connectivity index (χ1) is 13.6. The number of amides is 1. The van der Waals surface area contributed by atoms with Crippen LogP contribution in [0.5, 0.6) is 0 Å². The molecule has 1 unspecified atom stereocenters. The molecule has 1 amide bonds. The molecule has 4 heteroatoms. The molecule has 1 fully saturated rings. The van der Waals surface area contributed by atoms with Crippen molar-refractivity contribution in [3.63, 3.8) is 0 Å². The number of hydrogen-bond donors (Lipinski definition) is 1. The van der Waals surface area contributed by atoms with E-state index < -0.39 is 0 Å². The predicted molar refractivity (Wildman–Crippen MR) is 115 cm³/mol. The summed E-state index contributed by atoms with van der Waals surface area (Å²) in [5, 5.41) is 3.21. The molecule has 2 aliphatic rings. The Morgan fingerprint density at radius 1 is 1.11 bits per heavy atom. The Labute approximate surface area is 168 Å². The van der Waals surface area contributed by atoms with Crippen molar-refractivity contribution in [2.24, 2.45) is 0 Å². The van der Waals surface area contributed by atoms with Crippen molar-refractivity contribution in [2.45, 2.75) is 38.6 Å².